The second kappa shape index (κ2) is 5.57. The van der Waals surface area contributed by atoms with Crippen LogP contribution in [0.15, 0.2) is 60.7 Å². The van der Waals surface area contributed by atoms with E-state index in [1.165, 1.54) is 71.6 Å². The van der Waals surface area contributed by atoms with Crippen molar-refractivity contribution in [1.82, 2.24) is 0 Å². The van der Waals surface area contributed by atoms with Crippen LogP contribution in [0.3, 0.4) is 0 Å². The highest BCUT2D eigenvalue weighted by molar-refractivity contribution is 7.43. The molecule has 29 heavy (non-hydrogen) atoms. The molecule has 0 atom stereocenters. The van der Waals surface area contributed by atoms with Crippen LogP contribution in [0.2, 0.25) is 0 Å². The molecule has 0 spiro atoms. The lowest BCUT2D eigenvalue weighted by Gasteiger charge is -2.00. The number of hydrogen-bond donors (Lipinski definition) is 0. The minimum atomic E-state index is 1.32. The lowest BCUT2D eigenvalue weighted by Crippen LogP contribution is -1.75. The summed E-state index contributed by atoms with van der Waals surface area (Å²) in [6.07, 6.45) is 0. The summed E-state index contributed by atoms with van der Waals surface area (Å²) in [5, 5.41) is 8.21. The van der Waals surface area contributed by atoms with Gasteiger partial charge in [-0.3, -0.25) is 0 Å². The zero-order chi connectivity index (χ0) is 19.3. The molecule has 0 N–H and O–H groups in total. The van der Waals surface area contributed by atoms with Crippen molar-refractivity contribution in [2.45, 2.75) is 13.8 Å². The molecule has 0 aliphatic carbocycles. The fourth-order valence-corrected chi connectivity index (χ4v) is 8.79. The third-order valence-electron chi connectivity index (χ3n) is 5.92. The molecule has 0 nitrogen and oxygen atoms in total. The summed E-state index contributed by atoms with van der Waals surface area (Å²) in [6, 6.07) is 23.1. The largest absolute Gasteiger partial charge is 0.133 e. The van der Waals surface area contributed by atoms with E-state index in [1.807, 2.05) is 34.0 Å². The molecular formula is C26H16S3. The average molecular weight is 425 g/mol. The van der Waals surface area contributed by atoms with Gasteiger partial charge >= 0.3 is 0 Å². The molecule has 0 saturated heterocycles. The molecule has 0 amide bonds. The van der Waals surface area contributed by atoms with Gasteiger partial charge in [-0.05, 0) is 59.7 Å². The summed E-state index contributed by atoms with van der Waals surface area (Å²) in [5.74, 6) is 0. The maximum Gasteiger partial charge on any atom is 0.0642 e. The lowest BCUT2D eigenvalue weighted by molar-refractivity contribution is 1.51. The molecule has 4 aromatic carbocycles. The van der Waals surface area contributed by atoms with Crippen molar-refractivity contribution in [2.24, 2.45) is 0 Å². The highest BCUT2D eigenvalue weighted by atomic mass is 32.1. The first-order valence-electron chi connectivity index (χ1n) is 9.76. The quantitative estimate of drug-likeness (QED) is 0.227. The smallest absolute Gasteiger partial charge is 0.0642 e. The molecule has 0 unspecified atom stereocenters. The van der Waals surface area contributed by atoms with E-state index in [4.69, 9.17) is 0 Å². The Balaban J connectivity index is 1.60. The van der Waals surface area contributed by atoms with Crippen molar-refractivity contribution in [2.75, 3.05) is 0 Å². The highest BCUT2D eigenvalue weighted by Crippen LogP contribution is 2.51. The lowest BCUT2D eigenvalue weighted by atomic mass is 10.1. The third-order valence-corrected chi connectivity index (χ3v) is 9.91. The van der Waals surface area contributed by atoms with Crippen LogP contribution in [0.1, 0.15) is 11.1 Å². The van der Waals surface area contributed by atoms with E-state index in [9.17, 15) is 0 Å². The molecular weight excluding hydrogens is 408 g/mol. The Hall–Kier alpha value is -2.46. The normalized spacial score (nSPS) is 12.5. The first-order valence-corrected chi connectivity index (χ1v) is 12.2. The minimum absolute atomic E-state index is 1.32. The molecule has 0 radical (unpaired) electrons. The molecule has 3 heterocycles. The van der Waals surface area contributed by atoms with Gasteiger partial charge in [-0.15, -0.1) is 34.0 Å². The van der Waals surface area contributed by atoms with E-state index in [0.717, 1.165) is 0 Å². The molecule has 0 aliphatic heterocycles. The number of benzene rings is 4. The second-order valence-corrected chi connectivity index (χ2v) is 11.1. The Morgan fingerprint density at radius 1 is 0.448 bits per heavy atom. The van der Waals surface area contributed by atoms with Gasteiger partial charge in [0.1, 0.15) is 0 Å². The SMILES string of the molecule is Cc1ccc2cc3c(cc2c1)sc1c3sc2c3cc4ccc(C)cc4cc3sc21. The van der Waals surface area contributed by atoms with Crippen LogP contribution in [0.25, 0.3) is 60.5 Å². The fraction of sp³-hybridized carbons (Fsp3) is 0.0769. The minimum Gasteiger partial charge on any atom is -0.133 e. The number of aryl methyl sites for hydroxylation is 2. The number of rotatable bonds is 0. The molecule has 0 saturated carbocycles. The molecule has 7 aromatic rings. The van der Waals surface area contributed by atoms with Crippen LogP contribution < -0.4 is 0 Å². The van der Waals surface area contributed by atoms with Gasteiger partial charge in [0.25, 0.3) is 0 Å². The number of fused-ring (bicyclic) bond motifs is 9. The van der Waals surface area contributed by atoms with Gasteiger partial charge < -0.3 is 0 Å². The Morgan fingerprint density at radius 3 is 1.41 bits per heavy atom. The van der Waals surface area contributed by atoms with E-state index in [1.54, 1.807) is 0 Å². The molecule has 3 heteroatoms. The van der Waals surface area contributed by atoms with Gasteiger partial charge in [-0.1, -0.05) is 47.5 Å². The second-order valence-electron chi connectivity index (χ2n) is 8.02. The fourth-order valence-electron chi connectivity index (χ4n) is 4.48. The summed E-state index contributed by atoms with van der Waals surface area (Å²) in [7, 11) is 0. The zero-order valence-electron chi connectivity index (χ0n) is 16.0. The molecule has 0 bridgehead atoms. The number of thiophene rings is 3. The Kier molecular flexibility index (Phi) is 3.14. The monoisotopic (exact) mass is 424 g/mol. The van der Waals surface area contributed by atoms with Crippen LogP contribution in [-0.2, 0) is 0 Å². The van der Waals surface area contributed by atoms with Crippen molar-refractivity contribution < 1.29 is 0 Å². The van der Waals surface area contributed by atoms with Crippen molar-refractivity contribution in [3.05, 3.63) is 71.8 Å². The van der Waals surface area contributed by atoms with Crippen LogP contribution in [0, 0.1) is 13.8 Å². The van der Waals surface area contributed by atoms with Crippen molar-refractivity contribution in [3.8, 4) is 0 Å². The summed E-state index contributed by atoms with van der Waals surface area (Å²) in [5.41, 5.74) is 2.65. The van der Waals surface area contributed by atoms with Gasteiger partial charge in [-0.2, -0.15) is 0 Å². The van der Waals surface area contributed by atoms with E-state index in [2.05, 4.69) is 74.5 Å². The summed E-state index contributed by atoms with van der Waals surface area (Å²) in [4.78, 5) is 0. The van der Waals surface area contributed by atoms with E-state index < -0.39 is 0 Å². The van der Waals surface area contributed by atoms with Crippen LogP contribution in [0.5, 0.6) is 0 Å². The molecule has 138 valence electrons. The van der Waals surface area contributed by atoms with Crippen LogP contribution >= 0.6 is 34.0 Å². The van der Waals surface area contributed by atoms with E-state index >= 15 is 0 Å². The van der Waals surface area contributed by atoms with Crippen molar-refractivity contribution >= 4 is 94.5 Å². The molecule has 3 aromatic heterocycles. The summed E-state index contributed by atoms with van der Waals surface area (Å²) in [6.45, 7) is 4.34. The standard InChI is InChI=1S/C26H16S3/c1-13-3-5-15-9-19-21(11-17(15)7-13)27-25-23(19)29-24-20-10-16-6-4-14(2)8-18(16)12-22(20)28-26(24)25/h3-12H,1-2H3. The predicted octanol–water partition coefficient (Wildman–Crippen LogP) is 9.41. The first kappa shape index (κ1) is 16.3. The topological polar surface area (TPSA) is 0 Å². The van der Waals surface area contributed by atoms with E-state index in [0.29, 0.717) is 0 Å². The maximum atomic E-state index is 2.39. The molecule has 0 aliphatic rings. The third kappa shape index (κ3) is 2.24. The average Bonchev–Trinajstić information content (AvgIpc) is 3.33. The number of hydrogen-bond acceptors (Lipinski definition) is 3. The predicted molar refractivity (Wildman–Crippen MR) is 135 cm³/mol. The first-order chi connectivity index (χ1) is 14.1. The van der Waals surface area contributed by atoms with E-state index in [-0.39, 0.29) is 0 Å². The zero-order valence-corrected chi connectivity index (χ0v) is 18.4. The van der Waals surface area contributed by atoms with Gasteiger partial charge in [-0.25, -0.2) is 0 Å². The summed E-state index contributed by atoms with van der Waals surface area (Å²) < 4.78 is 8.66. The maximum absolute atomic E-state index is 2.39. The highest BCUT2D eigenvalue weighted by Gasteiger charge is 2.17. The van der Waals surface area contributed by atoms with Gasteiger partial charge in [0, 0.05) is 20.2 Å². The van der Waals surface area contributed by atoms with Crippen molar-refractivity contribution in [3.63, 3.8) is 0 Å². The Morgan fingerprint density at radius 2 is 0.931 bits per heavy atom. The molecule has 0 fully saturated rings. The molecule has 7 rings (SSSR count). The van der Waals surface area contributed by atoms with Crippen LogP contribution in [0.4, 0.5) is 0 Å². The van der Waals surface area contributed by atoms with Crippen LogP contribution in [-0.4, -0.2) is 0 Å². The van der Waals surface area contributed by atoms with Crippen molar-refractivity contribution in [1.29, 1.82) is 0 Å². The van der Waals surface area contributed by atoms with Gasteiger partial charge in [0.15, 0.2) is 0 Å². The van der Waals surface area contributed by atoms with Gasteiger partial charge in [0.2, 0.25) is 0 Å². The Labute approximate surface area is 179 Å². The summed E-state index contributed by atoms with van der Waals surface area (Å²) >= 11 is 5.90. The van der Waals surface area contributed by atoms with Gasteiger partial charge in [0.05, 0.1) is 18.8 Å². The Bertz CT molecular complexity index is 1640.